The maximum atomic E-state index is 12.8. The molecule has 2 unspecified atom stereocenters. The number of piperidine rings is 1. The molecule has 4 rings (SSSR count). The van der Waals surface area contributed by atoms with Crippen LogP contribution >= 0.6 is 11.3 Å². The summed E-state index contributed by atoms with van der Waals surface area (Å²) in [7, 11) is 1.86. The Hall–Kier alpha value is -2.32. The van der Waals surface area contributed by atoms with Gasteiger partial charge in [0.05, 0.1) is 4.92 Å². The Labute approximate surface area is 155 Å². The maximum Gasteiger partial charge on any atom is 0.273 e. The van der Waals surface area contributed by atoms with Gasteiger partial charge in [0.25, 0.3) is 11.6 Å². The van der Waals surface area contributed by atoms with E-state index in [2.05, 4.69) is 10.3 Å². The molecule has 2 aliphatic heterocycles. The lowest BCUT2D eigenvalue weighted by Gasteiger charge is -2.35. The lowest BCUT2D eigenvalue weighted by molar-refractivity contribution is -0.384. The van der Waals surface area contributed by atoms with Crippen LogP contribution in [0.2, 0.25) is 0 Å². The number of thiazole rings is 1. The van der Waals surface area contributed by atoms with E-state index in [-0.39, 0.29) is 17.6 Å². The first-order chi connectivity index (χ1) is 12.5. The molecule has 2 atom stereocenters. The molecular weight excluding hydrogens is 352 g/mol. The van der Waals surface area contributed by atoms with Crippen LogP contribution in [0.15, 0.2) is 29.6 Å². The predicted octanol–water partition coefficient (Wildman–Crippen LogP) is 3.07. The zero-order valence-electron chi connectivity index (χ0n) is 14.4. The fraction of sp³-hybridized carbons (Fsp3) is 0.444. The summed E-state index contributed by atoms with van der Waals surface area (Å²) in [6.07, 6.45) is 4.39. The molecule has 2 bridgehead atoms. The molecule has 1 aromatic heterocycles. The standard InChI is InChI=1S/C18H20N4O3S/c1-21(15-8-12-4-5-13(9-15)19-12)18(23)16-10-26-17(20-16)11-2-6-14(7-3-11)22(24)25/h2-3,6-7,10,12-13,15,19H,4-5,8-9H2,1H3. The number of fused-ring (bicyclic) bond motifs is 2. The van der Waals surface area contributed by atoms with Crippen molar-refractivity contribution in [1.82, 2.24) is 15.2 Å². The molecule has 2 aliphatic rings. The molecule has 0 spiro atoms. The second-order valence-corrected chi connectivity index (χ2v) is 7.88. The van der Waals surface area contributed by atoms with Crippen molar-refractivity contribution in [3.8, 4) is 10.6 Å². The quantitative estimate of drug-likeness (QED) is 0.658. The summed E-state index contributed by atoms with van der Waals surface area (Å²) in [4.78, 5) is 29.5. The molecule has 2 fully saturated rings. The number of non-ortho nitro benzene ring substituents is 1. The first kappa shape index (κ1) is 17.1. The zero-order chi connectivity index (χ0) is 18.3. The van der Waals surface area contributed by atoms with Crippen molar-refractivity contribution in [2.45, 2.75) is 43.8 Å². The Morgan fingerprint density at radius 2 is 1.92 bits per heavy atom. The molecule has 2 aromatic rings. The smallest absolute Gasteiger partial charge is 0.273 e. The molecule has 7 nitrogen and oxygen atoms in total. The average Bonchev–Trinajstić information content (AvgIpc) is 3.27. The Kier molecular flexibility index (Phi) is 4.46. The van der Waals surface area contributed by atoms with Crippen molar-refractivity contribution in [2.75, 3.05) is 7.05 Å². The Morgan fingerprint density at radius 3 is 2.54 bits per heavy atom. The number of benzene rings is 1. The Bertz CT molecular complexity index is 823. The van der Waals surface area contributed by atoms with Gasteiger partial charge >= 0.3 is 0 Å². The number of hydrogen-bond donors (Lipinski definition) is 1. The molecule has 0 radical (unpaired) electrons. The third kappa shape index (κ3) is 3.22. The number of hydrogen-bond acceptors (Lipinski definition) is 6. The van der Waals surface area contributed by atoms with Crippen LogP contribution in [-0.4, -0.2) is 45.9 Å². The highest BCUT2D eigenvalue weighted by atomic mass is 32.1. The molecule has 0 saturated carbocycles. The molecule has 1 aromatic carbocycles. The molecule has 2 saturated heterocycles. The second kappa shape index (κ2) is 6.77. The fourth-order valence-electron chi connectivity index (χ4n) is 3.92. The van der Waals surface area contributed by atoms with Crippen molar-refractivity contribution >= 4 is 22.9 Å². The number of nitrogens with one attached hydrogen (secondary N) is 1. The maximum absolute atomic E-state index is 12.8. The van der Waals surface area contributed by atoms with Crippen LogP contribution in [0.4, 0.5) is 5.69 Å². The number of nitro benzene ring substituents is 1. The second-order valence-electron chi connectivity index (χ2n) is 7.02. The minimum Gasteiger partial charge on any atom is -0.337 e. The van der Waals surface area contributed by atoms with E-state index < -0.39 is 4.92 Å². The molecule has 3 heterocycles. The summed E-state index contributed by atoms with van der Waals surface area (Å²) >= 11 is 1.38. The van der Waals surface area contributed by atoms with E-state index in [1.54, 1.807) is 17.5 Å². The van der Waals surface area contributed by atoms with Gasteiger partial charge < -0.3 is 10.2 Å². The monoisotopic (exact) mass is 372 g/mol. The zero-order valence-corrected chi connectivity index (χ0v) is 15.2. The highest BCUT2D eigenvalue weighted by Gasteiger charge is 2.36. The van der Waals surface area contributed by atoms with Gasteiger partial charge in [-0.2, -0.15) is 0 Å². The summed E-state index contributed by atoms with van der Waals surface area (Å²) in [6.45, 7) is 0. The molecular formula is C18H20N4O3S. The molecule has 0 aliphatic carbocycles. The Morgan fingerprint density at radius 1 is 1.27 bits per heavy atom. The molecule has 1 amide bonds. The van der Waals surface area contributed by atoms with Gasteiger partial charge in [0.1, 0.15) is 10.7 Å². The number of nitro groups is 1. The van der Waals surface area contributed by atoms with E-state index in [1.807, 2.05) is 11.9 Å². The van der Waals surface area contributed by atoms with Gasteiger partial charge in [-0.05, 0) is 37.8 Å². The van der Waals surface area contributed by atoms with Gasteiger partial charge in [-0.15, -0.1) is 11.3 Å². The van der Waals surface area contributed by atoms with Crippen molar-refractivity contribution in [1.29, 1.82) is 0 Å². The molecule has 8 heteroatoms. The van der Waals surface area contributed by atoms with Gasteiger partial charge in [-0.3, -0.25) is 14.9 Å². The van der Waals surface area contributed by atoms with Crippen molar-refractivity contribution in [3.05, 3.63) is 45.5 Å². The topological polar surface area (TPSA) is 88.4 Å². The lowest BCUT2D eigenvalue weighted by atomic mass is 9.98. The highest BCUT2D eigenvalue weighted by Crippen LogP contribution is 2.31. The van der Waals surface area contributed by atoms with Gasteiger partial charge in [0.2, 0.25) is 0 Å². The first-order valence-corrected chi connectivity index (χ1v) is 9.63. The summed E-state index contributed by atoms with van der Waals surface area (Å²) < 4.78 is 0. The number of nitrogens with zero attached hydrogens (tertiary/aromatic N) is 3. The first-order valence-electron chi connectivity index (χ1n) is 8.75. The SMILES string of the molecule is CN(C(=O)c1csc(-c2ccc([N+](=O)[O-])cc2)n1)C1CC2CCC(C1)N2. The number of rotatable bonds is 4. The highest BCUT2D eigenvalue weighted by molar-refractivity contribution is 7.13. The summed E-state index contributed by atoms with van der Waals surface area (Å²) in [5, 5.41) is 16.8. The number of aromatic nitrogens is 1. The van der Waals surface area contributed by atoms with E-state index in [0.29, 0.717) is 22.8 Å². The third-order valence-corrected chi connectivity index (χ3v) is 6.26. The van der Waals surface area contributed by atoms with E-state index in [1.165, 1.54) is 36.3 Å². The summed E-state index contributed by atoms with van der Waals surface area (Å²) in [5.74, 6) is -0.0549. The van der Waals surface area contributed by atoms with Crippen LogP contribution in [0.3, 0.4) is 0 Å². The summed E-state index contributed by atoms with van der Waals surface area (Å²) in [6, 6.07) is 7.55. The minimum absolute atomic E-state index is 0.0434. The predicted molar refractivity (Wildman–Crippen MR) is 99.3 cm³/mol. The van der Waals surface area contributed by atoms with E-state index in [9.17, 15) is 14.9 Å². The fourth-order valence-corrected chi connectivity index (χ4v) is 4.72. The van der Waals surface area contributed by atoms with E-state index in [0.717, 1.165) is 18.4 Å². The number of carbonyl (C=O) groups excluding carboxylic acids is 1. The van der Waals surface area contributed by atoms with Gasteiger partial charge in [0.15, 0.2) is 0 Å². The van der Waals surface area contributed by atoms with Crippen molar-refractivity contribution in [2.24, 2.45) is 0 Å². The van der Waals surface area contributed by atoms with Crippen LogP contribution in [0.25, 0.3) is 10.6 Å². The minimum atomic E-state index is -0.429. The normalized spacial score (nSPS) is 24.4. The van der Waals surface area contributed by atoms with Gasteiger partial charge in [-0.1, -0.05) is 0 Å². The van der Waals surface area contributed by atoms with Gasteiger partial charge in [0, 0.05) is 48.2 Å². The van der Waals surface area contributed by atoms with Crippen LogP contribution in [0.5, 0.6) is 0 Å². The van der Waals surface area contributed by atoms with E-state index in [4.69, 9.17) is 0 Å². The van der Waals surface area contributed by atoms with E-state index >= 15 is 0 Å². The number of amides is 1. The lowest BCUT2D eigenvalue weighted by Crippen LogP contribution is -2.48. The molecule has 136 valence electrons. The molecule has 26 heavy (non-hydrogen) atoms. The largest absolute Gasteiger partial charge is 0.337 e. The summed E-state index contributed by atoms with van der Waals surface area (Å²) in [5.41, 5.74) is 1.26. The molecule has 1 N–H and O–H groups in total. The van der Waals surface area contributed by atoms with Crippen LogP contribution in [-0.2, 0) is 0 Å². The van der Waals surface area contributed by atoms with Crippen molar-refractivity contribution in [3.63, 3.8) is 0 Å². The number of carbonyl (C=O) groups is 1. The van der Waals surface area contributed by atoms with Gasteiger partial charge in [-0.25, -0.2) is 4.98 Å². The van der Waals surface area contributed by atoms with Crippen LogP contribution < -0.4 is 5.32 Å². The van der Waals surface area contributed by atoms with Crippen LogP contribution in [0, 0.1) is 10.1 Å². The third-order valence-electron chi connectivity index (χ3n) is 5.36. The Balaban J connectivity index is 1.48. The van der Waals surface area contributed by atoms with Crippen molar-refractivity contribution < 1.29 is 9.72 Å². The van der Waals surface area contributed by atoms with Crippen LogP contribution in [0.1, 0.15) is 36.2 Å². The average molecular weight is 372 g/mol.